The zero-order valence-electron chi connectivity index (χ0n) is 20.4. The number of sulfonamides is 1. The largest absolute Gasteiger partial charge is 0.457 e. The maximum absolute atomic E-state index is 13.2. The molecule has 0 saturated heterocycles. The van der Waals surface area contributed by atoms with E-state index in [9.17, 15) is 17.6 Å². The lowest BCUT2D eigenvalue weighted by Crippen LogP contribution is -2.32. The first-order chi connectivity index (χ1) is 17.7. The van der Waals surface area contributed by atoms with Gasteiger partial charge in [0.1, 0.15) is 28.7 Å². The van der Waals surface area contributed by atoms with Crippen LogP contribution in [0, 0.1) is 5.82 Å². The maximum Gasteiger partial charge on any atom is 0.255 e. The summed E-state index contributed by atoms with van der Waals surface area (Å²) < 4.78 is 57.3. The lowest BCUT2D eigenvalue weighted by Gasteiger charge is -2.22. The molecule has 1 aliphatic rings. The van der Waals surface area contributed by atoms with Gasteiger partial charge < -0.3 is 19.2 Å². The number of carbonyl (C=O) groups excluding carboxylic acids is 1. The van der Waals surface area contributed by atoms with Gasteiger partial charge in [0.2, 0.25) is 10.0 Å². The molecule has 5 rings (SSSR count). The van der Waals surface area contributed by atoms with E-state index in [0.29, 0.717) is 50.6 Å². The van der Waals surface area contributed by atoms with Crippen molar-refractivity contribution >= 4 is 32.6 Å². The molecule has 0 aliphatic carbocycles. The van der Waals surface area contributed by atoms with Gasteiger partial charge in [0.15, 0.2) is 0 Å². The number of hydrogen-bond donors (Lipinski definition) is 1. The topological polar surface area (TPSA) is 98.1 Å². The van der Waals surface area contributed by atoms with Crippen molar-refractivity contribution in [2.24, 2.45) is 0 Å². The molecule has 1 amide bonds. The highest BCUT2D eigenvalue weighted by molar-refractivity contribution is 7.92. The van der Waals surface area contributed by atoms with E-state index in [1.54, 1.807) is 36.4 Å². The van der Waals surface area contributed by atoms with E-state index in [2.05, 4.69) is 5.32 Å². The zero-order chi connectivity index (χ0) is 26.3. The van der Waals surface area contributed by atoms with Gasteiger partial charge in [-0.2, -0.15) is 0 Å². The Labute approximate surface area is 213 Å². The van der Waals surface area contributed by atoms with Crippen LogP contribution in [-0.4, -0.2) is 40.8 Å². The Bertz CT molecular complexity index is 1580. The minimum absolute atomic E-state index is 0.174. The van der Waals surface area contributed by atoms with Crippen LogP contribution in [0.3, 0.4) is 0 Å². The van der Waals surface area contributed by atoms with Gasteiger partial charge in [0.25, 0.3) is 5.91 Å². The van der Waals surface area contributed by atoms with Crippen molar-refractivity contribution in [3.63, 3.8) is 0 Å². The normalized spacial score (nSPS) is 15.8. The number of ether oxygens (including phenoxy) is 2. The van der Waals surface area contributed by atoms with Crippen molar-refractivity contribution in [3.8, 4) is 22.8 Å². The Balaban J connectivity index is 1.61. The molecule has 0 fully saturated rings. The van der Waals surface area contributed by atoms with E-state index in [-0.39, 0.29) is 31.0 Å². The molecule has 1 atom stereocenters. The molecule has 2 heterocycles. The van der Waals surface area contributed by atoms with E-state index in [4.69, 9.17) is 13.9 Å². The Hall–Kier alpha value is -3.89. The Morgan fingerprint density at radius 3 is 2.35 bits per heavy atom. The van der Waals surface area contributed by atoms with Crippen molar-refractivity contribution in [2.75, 3.05) is 30.8 Å². The van der Waals surface area contributed by atoms with E-state index in [1.165, 1.54) is 35.6 Å². The maximum atomic E-state index is 13.2. The summed E-state index contributed by atoms with van der Waals surface area (Å²) in [6, 6.07) is 16.0. The Kier molecular flexibility index (Phi) is 6.38. The molecule has 1 aromatic heterocycles. The first kappa shape index (κ1) is 24.8. The van der Waals surface area contributed by atoms with Crippen molar-refractivity contribution in [2.45, 2.75) is 13.0 Å². The highest BCUT2D eigenvalue weighted by Gasteiger charge is 2.30. The lowest BCUT2D eigenvalue weighted by molar-refractivity contribution is 0.0769. The predicted octanol–water partition coefficient (Wildman–Crippen LogP) is 5.25. The summed E-state index contributed by atoms with van der Waals surface area (Å²) in [4.78, 5) is 13.0. The fraction of sp³-hybridized carbons (Fsp3) is 0.222. The first-order valence-corrected chi connectivity index (χ1v) is 13.5. The van der Waals surface area contributed by atoms with Crippen LogP contribution in [0.1, 0.15) is 28.9 Å². The van der Waals surface area contributed by atoms with Crippen molar-refractivity contribution < 1.29 is 31.5 Å². The third-order valence-corrected chi connectivity index (χ3v) is 7.41. The molecular weight excluding hydrogens is 499 g/mol. The summed E-state index contributed by atoms with van der Waals surface area (Å²) in [7, 11) is -2.03. The number of fused-ring (bicyclic) bond motifs is 2. The summed E-state index contributed by atoms with van der Waals surface area (Å²) in [5.74, 6) is 0.642. The van der Waals surface area contributed by atoms with Crippen LogP contribution in [0.4, 0.5) is 10.1 Å². The summed E-state index contributed by atoms with van der Waals surface area (Å²) in [5.41, 5.74) is 2.44. The number of amides is 1. The quantitative estimate of drug-likeness (QED) is 0.383. The summed E-state index contributed by atoms with van der Waals surface area (Å²) >= 11 is 0. The molecule has 3 aromatic carbocycles. The zero-order valence-corrected chi connectivity index (χ0v) is 21.3. The number of carbonyl (C=O) groups is 1. The molecule has 10 heteroatoms. The second-order valence-electron chi connectivity index (χ2n) is 8.72. The first-order valence-electron chi connectivity index (χ1n) is 11.6. The van der Waals surface area contributed by atoms with Crippen LogP contribution in [0.15, 0.2) is 65.1 Å². The molecule has 8 nitrogen and oxygen atoms in total. The number of benzene rings is 3. The molecule has 192 valence electrons. The second-order valence-corrected chi connectivity index (χ2v) is 10.6. The van der Waals surface area contributed by atoms with Crippen molar-refractivity contribution in [1.82, 2.24) is 5.32 Å². The summed E-state index contributed by atoms with van der Waals surface area (Å²) in [6.45, 7) is 2.26. The van der Waals surface area contributed by atoms with E-state index in [1.807, 2.05) is 6.92 Å². The number of nitrogens with one attached hydrogen (secondary N) is 1. The van der Waals surface area contributed by atoms with Crippen molar-refractivity contribution in [1.29, 1.82) is 0 Å². The second kappa shape index (κ2) is 9.53. The van der Waals surface area contributed by atoms with Gasteiger partial charge in [0.05, 0.1) is 36.8 Å². The molecule has 1 aliphatic heterocycles. The van der Waals surface area contributed by atoms with Crippen LogP contribution < -0.4 is 14.4 Å². The molecule has 37 heavy (non-hydrogen) atoms. The van der Waals surface area contributed by atoms with Gasteiger partial charge in [-0.15, -0.1) is 0 Å². The smallest absolute Gasteiger partial charge is 0.255 e. The van der Waals surface area contributed by atoms with Gasteiger partial charge in [0, 0.05) is 29.6 Å². The van der Waals surface area contributed by atoms with Gasteiger partial charge in [-0.05, 0) is 61.5 Å². The van der Waals surface area contributed by atoms with Gasteiger partial charge in [-0.1, -0.05) is 0 Å². The van der Waals surface area contributed by atoms with Crippen LogP contribution in [0.5, 0.6) is 11.5 Å². The monoisotopic (exact) mass is 524 g/mol. The molecule has 0 spiro atoms. The number of anilines is 1. The standard InChI is InChI=1S/C27H25FN2O6S/c1-16-21-14-22-24(15-23(21)30(12-13-34-16)37(3,32)33)36-26(25(22)27(31)29-2)17-4-8-19(9-5-17)35-20-10-6-18(28)7-11-20/h4-11,14-16H,12-13H2,1-3H3,(H,29,31)/t16-/m0/s1. The average Bonchev–Trinajstić information content (AvgIpc) is 3.16. The lowest BCUT2D eigenvalue weighted by atomic mass is 10.0. The van der Waals surface area contributed by atoms with Crippen LogP contribution in [0.2, 0.25) is 0 Å². The number of furan rings is 1. The summed E-state index contributed by atoms with van der Waals surface area (Å²) in [5, 5.41) is 3.21. The molecule has 4 aromatic rings. The van der Waals surface area contributed by atoms with Crippen LogP contribution in [0.25, 0.3) is 22.3 Å². The molecular formula is C27H25FN2O6S. The minimum Gasteiger partial charge on any atom is -0.457 e. The number of hydrogen-bond acceptors (Lipinski definition) is 6. The molecule has 0 unspecified atom stereocenters. The Morgan fingerprint density at radius 2 is 1.73 bits per heavy atom. The molecule has 0 saturated carbocycles. The van der Waals surface area contributed by atoms with E-state index < -0.39 is 10.0 Å². The predicted molar refractivity (Wildman–Crippen MR) is 138 cm³/mol. The fourth-order valence-corrected chi connectivity index (χ4v) is 5.35. The van der Waals surface area contributed by atoms with E-state index in [0.717, 1.165) is 6.26 Å². The van der Waals surface area contributed by atoms with Crippen LogP contribution >= 0.6 is 0 Å². The number of nitrogens with zero attached hydrogens (tertiary/aromatic N) is 1. The van der Waals surface area contributed by atoms with Gasteiger partial charge >= 0.3 is 0 Å². The van der Waals surface area contributed by atoms with Crippen LogP contribution in [-0.2, 0) is 14.8 Å². The third-order valence-electron chi connectivity index (χ3n) is 6.23. The highest BCUT2D eigenvalue weighted by Crippen LogP contribution is 2.41. The SMILES string of the molecule is CNC(=O)c1c(-c2ccc(Oc3ccc(F)cc3)cc2)oc2cc3c(cc12)[C@H](C)OCCN3S(C)(=O)=O. The van der Waals surface area contributed by atoms with E-state index >= 15 is 0 Å². The third kappa shape index (κ3) is 4.77. The minimum atomic E-state index is -3.57. The summed E-state index contributed by atoms with van der Waals surface area (Å²) in [6.07, 6.45) is 0.765. The fourth-order valence-electron chi connectivity index (χ4n) is 4.42. The molecule has 0 bridgehead atoms. The van der Waals surface area contributed by atoms with Crippen molar-refractivity contribution in [3.05, 3.63) is 77.6 Å². The average molecular weight is 525 g/mol. The Morgan fingerprint density at radius 1 is 1.08 bits per heavy atom. The van der Waals surface area contributed by atoms with Gasteiger partial charge in [-0.25, -0.2) is 12.8 Å². The highest BCUT2D eigenvalue weighted by atomic mass is 32.2. The number of rotatable bonds is 5. The molecule has 0 radical (unpaired) electrons. The van der Waals surface area contributed by atoms with Gasteiger partial charge in [-0.3, -0.25) is 9.10 Å². The molecule has 1 N–H and O–H groups in total. The number of halogens is 1.